The molecule has 0 fully saturated rings. The summed E-state index contributed by atoms with van der Waals surface area (Å²) in [6.07, 6.45) is -4.73. The number of hydrogen-bond donors (Lipinski definition) is 0. The zero-order valence-corrected chi connectivity index (χ0v) is 12.3. The lowest BCUT2D eigenvalue weighted by molar-refractivity contribution is -0.159. The summed E-state index contributed by atoms with van der Waals surface area (Å²) in [6, 6.07) is 10.4. The van der Waals surface area contributed by atoms with Crippen LogP contribution in [0.4, 0.5) is 17.6 Å². The molecule has 1 heterocycles. The minimum Gasteiger partial charge on any atom is -0.457 e. The van der Waals surface area contributed by atoms with Gasteiger partial charge in [0, 0.05) is 22.7 Å². The highest BCUT2D eigenvalue weighted by atomic mass is 35.5. The Morgan fingerprint density at radius 2 is 1.96 bits per heavy atom. The number of ether oxygens (including phenoxy) is 1. The summed E-state index contributed by atoms with van der Waals surface area (Å²) in [6.45, 7) is 0. The van der Waals surface area contributed by atoms with Crippen LogP contribution >= 0.6 is 11.6 Å². The summed E-state index contributed by atoms with van der Waals surface area (Å²) >= 11 is 5.72. The van der Waals surface area contributed by atoms with E-state index in [2.05, 4.69) is 20.7 Å². The van der Waals surface area contributed by atoms with Gasteiger partial charge in [-0.25, -0.2) is 4.39 Å². The highest BCUT2D eigenvalue weighted by Crippen LogP contribution is 2.31. The fourth-order valence-electron chi connectivity index (χ4n) is 1.81. The van der Waals surface area contributed by atoms with Crippen molar-refractivity contribution in [1.29, 1.82) is 0 Å². The van der Waals surface area contributed by atoms with Gasteiger partial charge in [0.25, 0.3) is 0 Å². The first-order valence-electron chi connectivity index (χ1n) is 6.38. The van der Waals surface area contributed by atoms with Gasteiger partial charge in [0.05, 0.1) is 0 Å². The Labute approximate surface area is 137 Å². The van der Waals surface area contributed by atoms with Crippen molar-refractivity contribution in [2.45, 2.75) is 6.18 Å². The average Bonchev–Trinajstić information content (AvgIpc) is 2.96. The zero-order valence-electron chi connectivity index (χ0n) is 11.6. The molecule has 0 aliphatic carbocycles. The predicted molar refractivity (Wildman–Crippen MR) is 75.1 cm³/mol. The van der Waals surface area contributed by atoms with Crippen LogP contribution in [0.25, 0.3) is 11.4 Å². The Kier molecular flexibility index (Phi) is 4.15. The molecule has 0 spiro atoms. The summed E-state index contributed by atoms with van der Waals surface area (Å²) in [4.78, 5) is 3.27. The lowest BCUT2D eigenvalue weighted by atomic mass is 10.2. The second kappa shape index (κ2) is 6.12. The van der Waals surface area contributed by atoms with E-state index in [4.69, 9.17) is 16.3 Å². The molecule has 123 valence electrons. The molecule has 0 N–H and O–H groups in total. The third kappa shape index (κ3) is 3.65. The van der Waals surface area contributed by atoms with Crippen LogP contribution in [0.15, 0.2) is 40.9 Å². The Balaban J connectivity index is 1.88. The Morgan fingerprint density at radius 1 is 1.17 bits per heavy atom. The summed E-state index contributed by atoms with van der Waals surface area (Å²) in [5, 5.41) is 3.41. The van der Waals surface area contributed by atoms with Gasteiger partial charge in [-0.2, -0.15) is 18.2 Å². The van der Waals surface area contributed by atoms with Crippen molar-refractivity contribution in [2.75, 3.05) is 0 Å². The maximum atomic E-state index is 13.3. The molecular weight excluding hydrogens is 352 g/mol. The molecule has 1 radical (unpaired) electrons. The highest BCUT2D eigenvalue weighted by molar-refractivity contribution is 6.30. The molecule has 0 atom stereocenters. The van der Waals surface area contributed by atoms with Crippen molar-refractivity contribution >= 4 is 11.6 Å². The molecule has 24 heavy (non-hydrogen) atoms. The fraction of sp³-hybridized carbons (Fsp3) is 0.0667. The van der Waals surface area contributed by atoms with Gasteiger partial charge in [0.1, 0.15) is 17.3 Å². The lowest BCUT2D eigenvalue weighted by Gasteiger charge is -2.06. The summed E-state index contributed by atoms with van der Waals surface area (Å²) in [5.41, 5.74) is 0.213. The summed E-state index contributed by atoms with van der Waals surface area (Å²) < 4.78 is 60.3. The standard InChI is InChI=1S/C15H6ClF4N2O2/c16-9-5-10(17)7-12(6-9)23-11-3-1-2-8(4-11)13-21-14(24-22-13)15(18,19)20/h1-2,4-7H. The van der Waals surface area contributed by atoms with Crippen LogP contribution in [0.1, 0.15) is 5.89 Å². The van der Waals surface area contributed by atoms with E-state index in [-0.39, 0.29) is 27.9 Å². The quantitative estimate of drug-likeness (QED) is 0.609. The van der Waals surface area contributed by atoms with Gasteiger partial charge in [0.2, 0.25) is 5.82 Å². The first kappa shape index (κ1) is 16.3. The molecule has 0 saturated heterocycles. The Bertz CT molecular complexity index is 860. The van der Waals surface area contributed by atoms with Gasteiger partial charge in [0.15, 0.2) is 0 Å². The monoisotopic (exact) mass is 357 g/mol. The zero-order chi connectivity index (χ0) is 17.3. The van der Waals surface area contributed by atoms with Crippen molar-refractivity contribution in [3.05, 3.63) is 59.2 Å². The lowest BCUT2D eigenvalue weighted by Crippen LogP contribution is -2.04. The molecule has 2 aromatic carbocycles. The molecule has 0 amide bonds. The smallest absolute Gasteiger partial charge is 0.457 e. The number of hydrogen-bond acceptors (Lipinski definition) is 4. The van der Waals surface area contributed by atoms with E-state index in [1.54, 1.807) is 0 Å². The van der Waals surface area contributed by atoms with Gasteiger partial charge in [-0.1, -0.05) is 22.8 Å². The molecule has 4 nitrogen and oxygen atoms in total. The molecule has 0 saturated carbocycles. The van der Waals surface area contributed by atoms with Crippen molar-refractivity contribution in [3.8, 4) is 22.9 Å². The predicted octanol–water partition coefficient (Wildman–Crippen LogP) is 5.14. The molecule has 0 unspecified atom stereocenters. The van der Waals surface area contributed by atoms with Crippen molar-refractivity contribution in [1.82, 2.24) is 10.1 Å². The van der Waals surface area contributed by atoms with Gasteiger partial charge >= 0.3 is 12.1 Å². The van der Waals surface area contributed by atoms with E-state index in [0.717, 1.165) is 12.1 Å². The number of aromatic nitrogens is 2. The molecule has 0 aliphatic rings. The van der Waals surface area contributed by atoms with Crippen LogP contribution in [0.5, 0.6) is 11.5 Å². The minimum atomic E-state index is -4.73. The summed E-state index contributed by atoms with van der Waals surface area (Å²) in [5.74, 6) is -2.09. The third-order valence-corrected chi connectivity index (χ3v) is 2.98. The first-order valence-corrected chi connectivity index (χ1v) is 6.76. The van der Waals surface area contributed by atoms with Crippen LogP contribution in [0.2, 0.25) is 5.02 Å². The van der Waals surface area contributed by atoms with Crippen LogP contribution in [0.3, 0.4) is 0 Å². The number of alkyl halides is 3. The van der Waals surface area contributed by atoms with E-state index >= 15 is 0 Å². The highest BCUT2D eigenvalue weighted by Gasteiger charge is 2.38. The van der Waals surface area contributed by atoms with Crippen molar-refractivity contribution < 1.29 is 26.8 Å². The molecule has 9 heteroatoms. The molecular formula is C15H6ClF4N2O2. The number of nitrogens with zero attached hydrogens (tertiary/aromatic N) is 2. The Morgan fingerprint density at radius 3 is 2.62 bits per heavy atom. The van der Waals surface area contributed by atoms with Crippen LogP contribution in [0, 0.1) is 11.9 Å². The number of halogens is 5. The van der Waals surface area contributed by atoms with Gasteiger partial charge in [-0.05, 0) is 24.3 Å². The second-order valence-electron chi connectivity index (χ2n) is 4.57. The van der Waals surface area contributed by atoms with E-state index in [1.807, 2.05) is 0 Å². The topological polar surface area (TPSA) is 48.2 Å². The van der Waals surface area contributed by atoms with E-state index in [0.29, 0.717) is 0 Å². The maximum Gasteiger partial charge on any atom is 0.471 e. The maximum absolute atomic E-state index is 13.3. The van der Waals surface area contributed by atoms with Gasteiger partial charge in [-0.15, -0.1) is 0 Å². The van der Waals surface area contributed by atoms with Crippen LogP contribution in [-0.2, 0) is 6.18 Å². The minimum absolute atomic E-state index is 0.109. The SMILES string of the molecule is Fc1cc(Cl)cc(Oc2[c]ccc(-c3noc(C(F)(F)F)n3)c2)c1. The van der Waals surface area contributed by atoms with Crippen LogP contribution in [-0.4, -0.2) is 10.1 Å². The number of benzene rings is 2. The molecule has 1 aromatic heterocycles. The molecule has 0 aliphatic heterocycles. The largest absolute Gasteiger partial charge is 0.471 e. The average molecular weight is 358 g/mol. The van der Waals surface area contributed by atoms with Crippen molar-refractivity contribution in [2.24, 2.45) is 0 Å². The first-order chi connectivity index (χ1) is 11.3. The third-order valence-electron chi connectivity index (χ3n) is 2.77. The second-order valence-corrected chi connectivity index (χ2v) is 5.01. The normalized spacial score (nSPS) is 11.5. The van der Waals surface area contributed by atoms with E-state index < -0.39 is 17.9 Å². The van der Waals surface area contributed by atoms with E-state index in [9.17, 15) is 17.6 Å². The molecule has 3 aromatic rings. The van der Waals surface area contributed by atoms with Gasteiger partial charge in [-0.3, -0.25) is 0 Å². The fourth-order valence-corrected chi connectivity index (χ4v) is 2.02. The van der Waals surface area contributed by atoms with Gasteiger partial charge < -0.3 is 9.26 Å². The van der Waals surface area contributed by atoms with E-state index in [1.165, 1.54) is 24.3 Å². The number of rotatable bonds is 3. The molecule has 0 bridgehead atoms. The molecule has 3 rings (SSSR count). The Hall–Kier alpha value is -2.61. The van der Waals surface area contributed by atoms with Crippen molar-refractivity contribution in [3.63, 3.8) is 0 Å². The summed E-state index contributed by atoms with van der Waals surface area (Å²) in [7, 11) is 0. The van der Waals surface area contributed by atoms with Crippen LogP contribution < -0.4 is 4.74 Å².